The second-order valence-electron chi connectivity index (χ2n) is 4.22. The molecule has 0 atom stereocenters. The lowest BCUT2D eigenvalue weighted by atomic mass is 10.0. The maximum atomic E-state index is 12.3. The molecule has 0 aliphatic carbocycles. The standard InChI is InChI=1S/C15H18F2O5/c1-3-20-13(18)8-5-10-9-11(22-15(16)17)6-7-12(10)14(19)21-4-2/h6-7,9,15H,3-5,8H2,1-2H3. The predicted octanol–water partition coefficient (Wildman–Crippen LogP) is 2.96. The molecule has 1 aromatic carbocycles. The zero-order chi connectivity index (χ0) is 16.5. The van der Waals surface area contributed by atoms with Crippen molar-refractivity contribution >= 4 is 11.9 Å². The van der Waals surface area contributed by atoms with Crippen molar-refractivity contribution in [3.05, 3.63) is 29.3 Å². The van der Waals surface area contributed by atoms with Gasteiger partial charge in [-0.1, -0.05) is 0 Å². The van der Waals surface area contributed by atoms with Gasteiger partial charge in [0.2, 0.25) is 0 Å². The smallest absolute Gasteiger partial charge is 0.387 e. The summed E-state index contributed by atoms with van der Waals surface area (Å²) >= 11 is 0. The molecule has 0 bridgehead atoms. The van der Waals surface area contributed by atoms with Crippen molar-refractivity contribution in [1.29, 1.82) is 0 Å². The van der Waals surface area contributed by atoms with E-state index in [9.17, 15) is 18.4 Å². The number of hydrogen-bond acceptors (Lipinski definition) is 5. The summed E-state index contributed by atoms with van der Waals surface area (Å²) in [6.45, 7) is 0.805. The maximum Gasteiger partial charge on any atom is 0.387 e. The number of alkyl halides is 2. The summed E-state index contributed by atoms with van der Waals surface area (Å²) in [5, 5.41) is 0. The Labute approximate surface area is 127 Å². The van der Waals surface area contributed by atoms with Gasteiger partial charge >= 0.3 is 18.6 Å². The fourth-order valence-corrected chi connectivity index (χ4v) is 1.83. The largest absolute Gasteiger partial charge is 0.466 e. The van der Waals surface area contributed by atoms with E-state index in [0.717, 1.165) is 0 Å². The Kier molecular flexibility index (Phi) is 7.28. The first-order valence-electron chi connectivity index (χ1n) is 6.88. The van der Waals surface area contributed by atoms with E-state index in [2.05, 4.69) is 4.74 Å². The molecular weight excluding hydrogens is 298 g/mol. The summed E-state index contributed by atoms with van der Waals surface area (Å²) in [4.78, 5) is 23.2. The summed E-state index contributed by atoms with van der Waals surface area (Å²) in [6, 6.07) is 3.90. The third kappa shape index (κ3) is 5.67. The maximum absolute atomic E-state index is 12.3. The van der Waals surface area contributed by atoms with Gasteiger partial charge < -0.3 is 14.2 Å². The van der Waals surface area contributed by atoms with Gasteiger partial charge in [-0.3, -0.25) is 4.79 Å². The fraction of sp³-hybridized carbons (Fsp3) is 0.467. The molecule has 0 aromatic heterocycles. The van der Waals surface area contributed by atoms with Gasteiger partial charge in [0.15, 0.2) is 0 Å². The number of carbonyl (C=O) groups is 2. The second kappa shape index (κ2) is 8.96. The number of rotatable bonds is 8. The van der Waals surface area contributed by atoms with E-state index < -0.39 is 18.6 Å². The minimum atomic E-state index is -2.97. The lowest BCUT2D eigenvalue weighted by Crippen LogP contribution is -2.11. The summed E-state index contributed by atoms with van der Waals surface area (Å²) in [5.41, 5.74) is 0.609. The summed E-state index contributed by atoms with van der Waals surface area (Å²) in [7, 11) is 0. The zero-order valence-corrected chi connectivity index (χ0v) is 12.4. The number of hydrogen-bond donors (Lipinski definition) is 0. The molecule has 5 nitrogen and oxygen atoms in total. The normalized spacial score (nSPS) is 10.4. The lowest BCUT2D eigenvalue weighted by molar-refractivity contribution is -0.143. The van der Waals surface area contributed by atoms with Crippen molar-refractivity contribution in [3.8, 4) is 5.75 Å². The monoisotopic (exact) mass is 316 g/mol. The number of benzene rings is 1. The van der Waals surface area contributed by atoms with E-state index in [0.29, 0.717) is 5.56 Å². The summed E-state index contributed by atoms with van der Waals surface area (Å²) in [6.07, 6.45) is 0.186. The highest BCUT2D eigenvalue weighted by Crippen LogP contribution is 2.22. The van der Waals surface area contributed by atoms with Gasteiger partial charge in [0.05, 0.1) is 18.8 Å². The van der Waals surface area contributed by atoms with Crippen LogP contribution in [0.15, 0.2) is 18.2 Å². The molecule has 0 aliphatic heterocycles. The topological polar surface area (TPSA) is 61.8 Å². The van der Waals surface area contributed by atoms with Gasteiger partial charge in [-0.2, -0.15) is 8.78 Å². The van der Waals surface area contributed by atoms with E-state index in [1.807, 2.05) is 0 Å². The Morgan fingerprint density at radius 1 is 1.14 bits per heavy atom. The second-order valence-corrected chi connectivity index (χ2v) is 4.22. The molecule has 0 aliphatic rings. The molecule has 22 heavy (non-hydrogen) atoms. The predicted molar refractivity (Wildman–Crippen MR) is 74.0 cm³/mol. The molecule has 0 fully saturated rings. The van der Waals surface area contributed by atoms with Crippen LogP contribution in [0.5, 0.6) is 5.75 Å². The molecule has 0 saturated heterocycles. The van der Waals surface area contributed by atoms with Crippen molar-refractivity contribution in [2.45, 2.75) is 33.3 Å². The van der Waals surface area contributed by atoms with Gasteiger partial charge in [-0.05, 0) is 44.0 Å². The average Bonchev–Trinajstić information content (AvgIpc) is 2.45. The van der Waals surface area contributed by atoms with Crippen molar-refractivity contribution < 1.29 is 32.6 Å². The van der Waals surface area contributed by atoms with E-state index >= 15 is 0 Å². The quantitative estimate of drug-likeness (QED) is 0.690. The molecule has 122 valence electrons. The minimum Gasteiger partial charge on any atom is -0.466 e. The van der Waals surface area contributed by atoms with Gasteiger partial charge in [0.1, 0.15) is 5.75 Å². The Bertz CT molecular complexity index is 517. The molecular formula is C15H18F2O5. The molecule has 0 saturated carbocycles. The molecule has 0 amide bonds. The van der Waals surface area contributed by atoms with Gasteiger partial charge in [-0.15, -0.1) is 0 Å². The third-order valence-electron chi connectivity index (χ3n) is 2.70. The molecule has 0 radical (unpaired) electrons. The van der Waals surface area contributed by atoms with Crippen LogP contribution < -0.4 is 4.74 Å². The van der Waals surface area contributed by atoms with Crippen LogP contribution in [0.4, 0.5) is 8.78 Å². The van der Waals surface area contributed by atoms with Crippen LogP contribution in [0.2, 0.25) is 0 Å². The van der Waals surface area contributed by atoms with E-state index in [-0.39, 0.29) is 37.4 Å². The number of halogens is 2. The van der Waals surface area contributed by atoms with Crippen molar-refractivity contribution in [1.82, 2.24) is 0 Å². The first kappa shape index (κ1) is 17.9. The molecule has 0 unspecified atom stereocenters. The average molecular weight is 316 g/mol. The van der Waals surface area contributed by atoms with Crippen LogP contribution in [0, 0.1) is 0 Å². The van der Waals surface area contributed by atoms with Crippen LogP contribution in [0.3, 0.4) is 0 Å². The highest BCUT2D eigenvalue weighted by Gasteiger charge is 2.16. The number of aryl methyl sites for hydroxylation is 1. The molecule has 0 N–H and O–H groups in total. The first-order valence-corrected chi connectivity index (χ1v) is 6.88. The Morgan fingerprint density at radius 3 is 2.41 bits per heavy atom. The van der Waals surface area contributed by atoms with Crippen LogP contribution >= 0.6 is 0 Å². The molecule has 1 aromatic rings. The summed E-state index contributed by atoms with van der Waals surface area (Å²) in [5.74, 6) is -1.09. The number of ether oxygens (including phenoxy) is 3. The zero-order valence-electron chi connectivity index (χ0n) is 12.4. The van der Waals surface area contributed by atoms with E-state index in [1.54, 1.807) is 13.8 Å². The summed E-state index contributed by atoms with van der Waals surface area (Å²) < 4.78 is 38.5. The van der Waals surface area contributed by atoms with Crippen molar-refractivity contribution in [2.75, 3.05) is 13.2 Å². The Balaban J connectivity index is 2.95. The van der Waals surface area contributed by atoms with Crippen LogP contribution in [-0.2, 0) is 20.7 Å². The van der Waals surface area contributed by atoms with Crippen LogP contribution in [-0.4, -0.2) is 31.8 Å². The van der Waals surface area contributed by atoms with Gasteiger partial charge in [-0.25, -0.2) is 4.79 Å². The Hall–Kier alpha value is -2.18. The minimum absolute atomic E-state index is 0.0262. The van der Waals surface area contributed by atoms with Crippen molar-refractivity contribution in [2.24, 2.45) is 0 Å². The molecule has 7 heteroatoms. The first-order chi connectivity index (χ1) is 10.5. The van der Waals surface area contributed by atoms with Gasteiger partial charge in [0, 0.05) is 6.42 Å². The van der Waals surface area contributed by atoms with E-state index in [4.69, 9.17) is 9.47 Å². The lowest BCUT2D eigenvalue weighted by Gasteiger charge is -2.11. The third-order valence-corrected chi connectivity index (χ3v) is 2.70. The number of esters is 2. The molecule has 0 heterocycles. The SMILES string of the molecule is CCOC(=O)CCc1cc(OC(F)F)ccc1C(=O)OCC. The van der Waals surface area contributed by atoms with E-state index in [1.165, 1.54) is 18.2 Å². The molecule has 1 rings (SSSR count). The van der Waals surface area contributed by atoms with Crippen LogP contribution in [0.25, 0.3) is 0 Å². The highest BCUT2D eigenvalue weighted by atomic mass is 19.3. The fourth-order valence-electron chi connectivity index (χ4n) is 1.83. The molecule has 0 spiro atoms. The number of carbonyl (C=O) groups excluding carboxylic acids is 2. The van der Waals surface area contributed by atoms with Gasteiger partial charge in [0.25, 0.3) is 0 Å². The van der Waals surface area contributed by atoms with Crippen molar-refractivity contribution in [3.63, 3.8) is 0 Å². The van der Waals surface area contributed by atoms with Crippen LogP contribution in [0.1, 0.15) is 36.2 Å². The highest BCUT2D eigenvalue weighted by molar-refractivity contribution is 5.91. The Morgan fingerprint density at radius 2 is 1.82 bits per heavy atom.